The lowest BCUT2D eigenvalue weighted by atomic mass is 10.0. The summed E-state index contributed by atoms with van der Waals surface area (Å²) in [4.78, 5) is 11.1. The van der Waals surface area contributed by atoms with Crippen LogP contribution in [-0.2, 0) is 9.53 Å². The molecule has 2 nitrogen and oxygen atoms in total. The molecule has 0 N–H and O–H groups in total. The quantitative estimate of drug-likeness (QED) is 0.359. The monoisotopic (exact) mass is 168 g/mol. The second-order valence-corrected chi connectivity index (χ2v) is 2.71. The second-order valence-electron chi connectivity index (χ2n) is 2.71. The summed E-state index contributed by atoms with van der Waals surface area (Å²) in [5.74, 6) is -0.256. The predicted octanol–water partition coefficient (Wildman–Crippen LogP) is 2.46. The topological polar surface area (TPSA) is 26.3 Å². The average molecular weight is 168 g/mol. The predicted molar refractivity (Wildman–Crippen MR) is 49.8 cm³/mol. The number of hydrogen-bond donors (Lipinski definition) is 0. The lowest BCUT2D eigenvalue weighted by molar-refractivity contribution is -0.136. The number of hydrogen-bond acceptors (Lipinski definition) is 2. The molecule has 0 atom stereocenters. The molecule has 0 aliphatic carbocycles. The Morgan fingerprint density at radius 2 is 1.67 bits per heavy atom. The van der Waals surface area contributed by atoms with Crippen molar-refractivity contribution in [1.82, 2.24) is 0 Å². The van der Waals surface area contributed by atoms with Crippen LogP contribution < -0.4 is 0 Å². The standard InChI is InChI=1S/C10H16O2/c1-6-7(2)8(3)9(4)10(11)12-5/h6H,1-5H3/b7-6-,9-8+. The number of carbonyl (C=O) groups excluding carboxylic acids is 1. The number of rotatable bonds is 2. The molecule has 0 spiro atoms. The molecule has 12 heavy (non-hydrogen) atoms. The van der Waals surface area contributed by atoms with Gasteiger partial charge in [0.1, 0.15) is 0 Å². The normalized spacial score (nSPS) is 13.9. The minimum atomic E-state index is -0.256. The Hall–Kier alpha value is -1.05. The van der Waals surface area contributed by atoms with Crippen molar-refractivity contribution in [3.8, 4) is 0 Å². The molecule has 0 heterocycles. The summed E-state index contributed by atoms with van der Waals surface area (Å²) in [6.07, 6.45) is 1.97. The van der Waals surface area contributed by atoms with E-state index in [1.807, 2.05) is 26.8 Å². The van der Waals surface area contributed by atoms with Crippen molar-refractivity contribution in [2.45, 2.75) is 27.7 Å². The maximum absolute atomic E-state index is 11.1. The van der Waals surface area contributed by atoms with E-state index in [1.54, 1.807) is 6.92 Å². The fraction of sp³-hybridized carbons (Fsp3) is 0.500. The summed E-state index contributed by atoms with van der Waals surface area (Å²) in [6.45, 7) is 7.61. The zero-order valence-electron chi connectivity index (χ0n) is 8.39. The number of ether oxygens (including phenoxy) is 1. The Kier molecular flexibility index (Phi) is 4.34. The number of carbonyl (C=O) groups is 1. The third-order valence-corrected chi connectivity index (χ3v) is 2.08. The SMILES string of the molecule is C/C=C(C)\C(C)=C(/C)C(=O)OC. The Balaban J connectivity index is 4.81. The molecule has 0 amide bonds. The summed E-state index contributed by atoms with van der Waals surface area (Å²) < 4.78 is 4.60. The van der Waals surface area contributed by atoms with E-state index >= 15 is 0 Å². The Morgan fingerprint density at radius 3 is 2.00 bits per heavy atom. The molecular formula is C10H16O2. The van der Waals surface area contributed by atoms with E-state index in [4.69, 9.17) is 0 Å². The van der Waals surface area contributed by atoms with E-state index in [-0.39, 0.29) is 5.97 Å². The van der Waals surface area contributed by atoms with Crippen molar-refractivity contribution < 1.29 is 9.53 Å². The van der Waals surface area contributed by atoms with E-state index in [1.165, 1.54) is 7.11 Å². The van der Waals surface area contributed by atoms with Gasteiger partial charge in [0.2, 0.25) is 0 Å². The number of esters is 1. The van der Waals surface area contributed by atoms with Crippen LogP contribution in [0.4, 0.5) is 0 Å². The first-order chi connectivity index (χ1) is 5.54. The number of methoxy groups -OCH3 is 1. The molecule has 0 aromatic carbocycles. The molecule has 0 saturated heterocycles. The maximum Gasteiger partial charge on any atom is 0.333 e. The zero-order valence-corrected chi connectivity index (χ0v) is 8.39. The van der Waals surface area contributed by atoms with Crippen LogP contribution in [-0.4, -0.2) is 13.1 Å². The molecule has 0 saturated carbocycles. The van der Waals surface area contributed by atoms with Crippen LogP contribution in [0, 0.1) is 0 Å². The number of allylic oxidation sites excluding steroid dienone is 3. The summed E-state index contributed by atoms with van der Waals surface area (Å²) >= 11 is 0. The van der Waals surface area contributed by atoms with Gasteiger partial charge in [0.15, 0.2) is 0 Å². The molecule has 0 fully saturated rings. The molecule has 0 aliphatic heterocycles. The third kappa shape index (κ3) is 2.53. The van der Waals surface area contributed by atoms with Gasteiger partial charge in [-0.05, 0) is 33.3 Å². The Labute approximate surface area is 73.9 Å². The van der Waals surface area contributed by atoms with Crippen LogP contribution in [0.5, 0.6) is 0 Å². The van der Waals surface area contributed by atoms with Gasteiger partial charge in [-0.2, -0.15) is 0 Å². The van der Waals surface area contributed by atoms with Gasteiger partial charge in [0.05, 0.1) is 7.11 Å². The first-order valence-corrected chi connectivity index (χ1v) is 3.93. The van der Waals surface area contributed by atoms with E-state index < -0.39 is 0 Å². The summed E-state index contributed by atoms with van der Waals surface area (Å²) in [6, 6.07) is 0. The van der Waals surface area contributed by atoms with Crippen molar-refractivity contribution in [2.24, 2.45) is 0 Å². The van der Waals surface area contributed by atoms with Crippen LogP contribution in [0.25, 0.3) is 0 Å². The van der Waals surface area contributed by atoms with Crippen LogP contribution in [0.15, 0.2) is 22.8 Å². The van der Waals surface area contributed by atoms with Gasteiger partial charge in [-0.1, -0.05) is 11.6 Å². The van der Waals surface area contributed by atoms with Crippen molar-refractivity contribution >= 4 is 5.97 Å². The van der Waals surface area contributed by atoms with Gasteiger partial charge in [-0.3, -0.25) is 0 Å². The van der Waals surface area contributed by atoms with E-state index in [0.29, 0.717) is 5.57 Å². The van der Waals surface area contributed by atoms with Gasteiger partial charge in [-0.15, -0.1) is 0 Å². The van der Waals surface area contributed by atoms with Crippen LogP contribution in [0.2, 0.25) is 0 Å². The summed E-state index contributed by atoms with van der Waals surface area (Å²) in [7, 11) is 1.39. The van der Waals surface area contributed by atoms with E-state index in [2.05, 4.69) is 4.74 Å². The first kappa shape index (κ1) is 11.0. The molecule has 0 aromatic rings. The van der Waals surface area contributed by atoms with Crippen LogP contribution >= 0.6 is 0 Å². The molecule has 0 aliphatic rings. The van der Waals surface area contributed by atoms with Gasteiger partial charge in [0.25, 0.3) is 0 Å². The van der Waals surface area contributed by atoms with E-state index in [9.17, 15) is 4.79 Å². The van der Waals surface area contributed by atoms with Crippen molar-refractivity contribution in [1.29, 1.82) is 0 Å². The highest BCUT2D eigenvalue weighted by Crippen LogP contribution is 2.14. The van der Waals surface area contributed by atoms with Gasteiger partial charge in [-0.25, -0.2) is 4.79 Å². The molecule has 0 radical (unpaired) electrons. The lowest BCUT2D eigenvalue weighted by Crippen LogP contribution is -2.04. The molecule has 0 unspecified atom stereocenters. The largest absolute Gasteiger partial charge is 0.466 e. The Bertz CT molecular complexity index is 234. The Morgan fingerprint density at radius 1 is 1.17 bits per heavy atom. The molecule has 2 heteroatoms. The van der Waals surface area contributed by atoms with Crippen molar-refractivity contribution in [3.63, 3.8) is 0 Å². The summed E-state index contributed by atoms with van der Waals surface area (Å²) in [5.41, 5.74) is 2.77. The maximum atomic E-state index is 11.1. The minimum absolute atomic E-state index is 0.256. The van der Waals surface area contributed by atoms with Gasteiger partial charge in [0, 0.05) is 5.57 Å². The molecule has 0 bridgehead atoms. The first-order valence-electron chi connectivity index (χ1n) is 3.93. The van der Waals surface area contributed by atoms with Crippen LogP contribution in [0.1, 0.15) is 27.7 Å². The minimum Gasteiger partial charge on any atom is -0.466 e. The third-order valence-electron chi connectivity index (χ3n) is 2.08. The van der Waals surface area contributed by atoms with E-state index in [0.717, 1.165) is 11.1 Å². The highest BCUT2D eigenvalue weighted by Gasteiger charge is 2.07. The zero-order chi connectivity index (χ0) is 9.72. The molecule has 0 rings (SSSR count). The lowest BCUT2D eigenvalue weighted by Gasteiger charge is -2.05. The van der Waals surface area contributed by atoms with Crippen LogP contribution in [0.3, 0.4) is 0 Å². The van der Waals surface area contributed by atoms with Crippen molar-refractivity contribution in [3.05, 3.63) is 22.8 Å². The highest BCUT2D eigenvalue weighted by molar-refractivity contribution is 5.89. The molecular weight excluding hydrogens is 152 g/mol. The smallest absolute Gasteiger partial charge is 0.333 e. The average Bonchev–Trinajstić information content (AvgIpc) is 2.12. The summed E-state index contributed by atoms with van der Waals surface area (Å²) in [5, 5.41) is 0. The van der Waals surface area contributed by atoms with Crippen molar-refractivity contribution in [2.75, 3.05) is 7.11 Å². The fourth-order valence-electron chi connectivity index (χ4n) is 0.818. The molecule has 0 aromatic heterocycles. The van der Waals surface area contributed by atoms with Gasteiger partial charge < -0.3 is 4.74 Å². The highest BCUT2D eigenvalue weighted by atomic mass is 16.5. The van der Waals surface area contributed by atoms with Gasteiger partial charge >= 0.3 is 5.97 Å². The fourth-order valence-corrected chi connectivity index (χ4v) is 0.818. The second kappa shape index (κ2) is 4.75. The molecule has 68 valence electrons.